The van der Waals surface area contributed by atoms with Crippen LogP contribution in [0.15, 0.2) is 0 Å². The Morgan fingerprint density at radius 1 is 1.00 bits per heavy atom. The summed E-state index contributed by atoms with van der Waals surface area (Å²) in [4.78, 5) is 0. The summed E-state index contributed by atoms with van der Waals surface area (Å²) in [5.74, 6) is 2.79. The molecule has 0 aromatic heterocycles. The van der Waals surface area contributed by atoms with Gasteiger partial charge in [0.05, 0.1) is 5.60 Å². The van der Waals surface area contributed by atoms with Crippen LogP contribution in [0.25, 0.3) is 0 Å². The van der Waals surface area contributed by atoms with Crippen molar-refractivity contribution in [3.05, 3.63) is 0 Å². The summed E-state index contributed by atoms with van der Waals surface area (Å²) in [5.41, 5.74) is -0.301. The first-order chi connectivity index (χ1) is 9.17. The number of hydrogen-bond acceptors (Lipinski definition) is 1. The van der Waals surface area contributed by atoms with Crippen LogP contribution in [0.4, 0.5) is 0 Å². The fraction of sp³-hybridized carbons (Fsp3) is 1.00. The molecule has 4 unspecified atom stereocenters. The third kappa shape index (κ3) is 4.21. The lowest BCUT2D eigenvalue weighted by Gasteiger charge is -2.46. The molecule has 2 aliphatic carbocycles. The highest BCUT2D eigenvalue weighted by atomic mass is 16.3. The minimum absolute atomic E-state index is 0.301. The highest BCUT2D eigenvalue weighted by Crippen LogP contribution is 2.48. The quantitative estimate of drug-likeness (QED) is 0.646. The molecule has 2 rings (SSSR count). The van der Waals surface area contributed by atoms with Crippen LogP contribution in [0.1, 0.15) is 90.9 Å². The van der Waals surface area contributed by atoms with E-state index in [1.165, 1.54) is 51.4 Å². The van der Waals surface area contributed by atoms with Crippen LogP contribution in [0, 0.1) is 17.8 Å². The van der Waals surface area contributed by atoms with E-state index < -0.39 is 0 Å². The zero-order chi connectivity index (χ0) is 13.7. The van der Waals surface area contributed by atoms with Crippen molar-refractivity contribution in [2.75, 3.05) is 0 Å². The van der Waals surface area contributed by atoms with Crippen LogP contribution >= 0.6 is 0 Å². The van der Waals surface area contributed by atoms with E-state index in [9.17, 15) is 5.11 Å². The molecule has 0 aromatic carbocycles. The summed E-state index contributed by atoms with van der Waals surface area (Å²) in [5, 5.41) is 10.6. The van der Waals surface area contributed by atoms with E-state index in [0.29, 0.717) is 0 Å². The third-order valence-electron chi connectivity index (χ3n) is 5.80. The van der Waals surface area contributed by atoms with Crippen molar-refractivity contribution in [2.45, 2.75) is 96.5 Å². The molecular weight excluding hydrogens is 232 g/mol. The minimum Gasteiger partial charge on any atom is -0.390 e. The second-order valence-electron chi connectivity index (χ2n) is 7.41. The van der Waals surface area contributed by atoms with Gasteiger partial charge in [-0.05, 0) is 56.3 Å². The Labute approximate surface area is 120 Å². The van der Waals surface area contributed by atoms with Crippen LogP contribution in [-0.4, -0.2) is 10.7 Å². The Balaban J connectivity index is 1.78. The molecule has 1 nitrogen and oxygen atoms in total. The first-order valence-electron chi connectivity index (χ1n) is 8.89. The second-order valence-corrected chi connectivity index (χ2v) is 7.41. The van der Waals surface area contributed by atoms with Crippen molar-refractivity contribution in [1.29, 1.82) is 0 Å². The molecule has 0 aromatic rings. The van der Waals surface area contributed by atoms with Crippen LogP contribution in [0.3, 0.4) is 0 Å². The molecule has 1 N–H and O–H groups in total. The summed E-state index contributed by atoms with van der Waals surface area (Å²) in [6.07, 6.45) is 15.6. The minimum atomic E-state index is -0.301. The maximum absolute atomic E-state index is 10.6. The number of fused-ring (bicyclic) bond motifs is 1. The Morgan fingerprint density at radius 3 is 2.58 bits per heavy atom. The Kier molecular flexibility index (Phi) is 5.74. The summed E-state index contributed by atoms with van der Waals surface area (Å²) >= 11 is 0. The van der Waals surface area contributed by atoms with E-state index in [4.69, 9.17) is 0 Å². The van der Waals surface area contributed by atoms with Gasteiger partial charge in [0.15, 0.2) is 0 Å². The summed E-state index contributed by atoms with van der Waals surface area (Å²) in [6.45, 7) is 4.50. The van der Waals surface area contributed by atoms with Crippen LogP contribution < -0.4 is 0 Å². The predicted octanol–water partition coefficient (Wildman–Crippen LogP) is 5.31. The second kappa shape index (κ2) is 7.11. The van der Waals surface area contributed by atoms with Gasteiger partial charge in [0.1, 0.15) is 0 Å². The lowest BCUT2D eigenvalue weighted by Crippen LogP contribution is -2.41. The van der Waals surface area contributed by atoms with Crippen molar-refractivity contribution in [2.24, 2.45) is 17.8 Å². The van der Waals surface area contributed by atoms with Crippen molar-refractivity contribution in [3.8, 4) is 0 Å². The summed E-state index contributed by atoms with van der Waals surface area (Å²) in [7, 11) is 0. The lowest BCUT2D eigenvalue weighted by atomic mass is 9.62. The average molecular weight is 266 g/mol. The standard InChI is InChI=1S/C18H34O/c1-3-5-6-7-15-8-9-17-14-18(19,11-4-2)12-10-16(17)13-15/h15-17,19H,3-14H2,1-2H3. The molecule has 112 valence electrons. The number of rotatable bonds is 6. The smallest absolute Gasteiger partial charge is 0.0650 e. The van der Waals surface area contributed by atoms with Gasteiger partial charge in [-0.2, -0.15) is 0 Å². The highest BCUT2D eigenvalue weighted by molar-refractivity contribution is 4.93. The monoisotopic (exact) mass is 266 g/mol. The van der Waals surface area contributed by atoms with E-state index in [1.54, 1.807) is 0 Å². The van der Waals surface area contributed by atoms with Crippen LogP contribution in [-0.2, 0) is 0 Å². The van der Waals surface area contributed by atoms with E-state index in [-0.39, 0.29) is 5.60 Å². The maximum Gasteiger partial charge on any atom is 0.0650 e. The average Bonchev–Trinajstić information content (AvgIpc) is 2.39. The SMILES string of the molecule is CCCCCC1CCC2CC(O)(CCC)CCC2C1. The maximum atomic E-state index is 10.6. The molecule has 19 heavy (non-hydrogen) atoms. The molecule has 2 aliphatic rings. The van der Waals surface area contributed by atoms with Crippen molar-refractivity contribution in [3.63, 3.8) is 0 Å². The van der Waals surface area contributed by atoms with Gasteiger partial charge in [0.2, 0.25) is 0 Å². The Morgan fingerprint density at radius 2 is 1.84 bits per heavy atom. The number of aliphatic hydroxyl groups is 1. The zero-order valence-corrected chi connectivity index (χ0v) is 13.2. The molecule has 0 bridgehead atoms. The van der Waals surface area contributed by atoms with Gasteiger partial charge in [-0.3, -0.25) is 0 Å². The largest absolute Gasteiger partial charge is 0.390 e. The first-order valence-corrected chi connectivity index (χ1v) is 8.89. The molecule has 0 spiro atoms. The predicted molar refractivity (Wildman–Crippen MR) is 82.2 cm³/mol. The summed E-state index contributed by atoms with van der Waals surface area (Å²) in [6, 6.07) is 0. The number of hydrogen-bond donors (Lipinski definition) is 1. The normalized spacial score (nSPS) is 39.0. The van der Waals surface area contributed by atoms with Gasteiger partial charge in [-0.1, -0.05) is 52.4 Å². The van der Waals surface area contributed by atoms with Crippen molar-refractivity contribution < 1.29 is 5.11 Å². The van der Waals surface area contributed by atoms with E-state index in [0.717, 1.165) is 43.4 Å². The van der Waals surface area contributed by atoms with Gasteiger partial charge in [-0.25, -0.2) is 0 Å². The van der Waals surface area contributed by atoms with Gasteiger partial charge in [0, 0.05) is 0 Å². The highest BCUT2D eigenvalue weighted by Gasteiger charge is 2.41. The van der Waals surface area contributed by atoms with Crippen molar-refractivity contribution >= 4 is 0 Å². The Hall–Kier alpha value is -0.0400. The fourth-order valence-electron chi connectivity index (χ4n) is 4.73. The number of unbranched alkanes of at least 4 members (excludes halogenated alkanes) is 2. The Bertz CT molecular complexity index is 262. The van der Waals surface area contributed by atoms with Gasteiger partial charge >= 0.3 is 0 Å². The van der Waals surface area contributed by atoms with Gasteiger partial charge < -0.3 is 5.11 Å². The molecule has 4 atom stereocenters. The van der Waals surface area contributed by atoms with Gasteiger partial charge in [-0.15, -0.1) is 0 Å². The topological polar surface area (TPSA) is 20.2 Å². The van der Waals surface area contributed by atoms with E-state index in [2.05, 4.69) is 13.8 Å². The molecular formula is C18H34O. The molecule has 1 heteroatoms. The van der Waals surface area contributed by atoms with E-state index in [1.807, 2.05) is 0 Å². The molecule has 2 fully saturated rings. The lowest BCUT2D eigenvalue weighted by molar-refractivity contribution is -0.0571. The molecule has 0 aliphatic heterocycles. The van der Waals surface area contributed by atoms with Gasteiger partial charge in [0.25, 0.3) is 0 Å². The first kappa shape index (κ1) is 15.4. The summed E-state index contributed by atoms with van der Waals surface area (Å²) < 4.78 is 0. The molecule has 0 saturated heterocycles. The molecule has 2 saturated carbocycles. The van der Waals surface area contributed by atoms with E-state index >= 15 is 0 Å². The molecule has 0 radical (unpaired) electrons. The third-order valence-corrected chi connectivity index (χ3v) is 5.80. The zero-order valence-electron chi connectivity index (χ0n) is 13.2. The molecule has 0 amide bonds. The molecule has 0 heterocycles. The fourth-order valence-corrected chi connectivity index (χ4v) is 4.73. The van der Waals surface area contributed by atoms with Crippen molar-refractivity contribution in [1.82, 2.24) is 0 Å². The van der Waals surface area contributed by atoms with Crippen LogP contribution in [0.5, 0.6) is 0 Å². The van der Waals surface area contributed by atoms with Crippen LogP contribution in [0.2, 0.25) is 0 Å².